The lowest BCUT2D eigenvalue weighted by molar-refractivity contribution is -0.161. The molecule has 0 spiro atoms. The van der Waals surface area contributed by atoms with Crippen LogP contribution in [0.1, 0.15) is 108 Å². The average molecular weight is 989 g/mol. The van der Waals surface area contributed by atoms with Gasteiger partial charge in [-0.2, -0.15) is 0 Å². The molecule has 0 saturated carbocycles. The van der Waals surface area contributed by atoms with Crippen molar-refractivity contribution in [3.8, 4) is 0 Å². The standard InChI is InChI=1S/C36H50O10.C20H26O5/c1-8-23(2)12-9-10-13-24(3)14-11-15-25(4)16-17-27-26(5)33(42)30(20-36(27,6)7)46-32(41)19-18-31(40)45-22-29(39)35(44)34(43)28(38)21-37;1-6-7-13(2)8-9-15-14(3)19(24)16(12-20(15,4)5)25-18(23)11-10-17(21)22/h8-17,28-30,34-35,37-39,43-44H,1,18-22H2,2-7H3;6-9,16H,1,10-12H2,2-5H3,(H,21,22)/b10-9+,14-11+,17-16+,23-12+,24-13+,25-15+;9-8+,13-7+. The first-order valence-electron chi connectivity index (χ1n) is 23.4. The molecule has 2 aliphatic rings. The lowest BCUT2D eigenvalue weighted by atomic mass is 9.71. The first kappa shape index (κ1) is 62.9. The highest BCUT2D eigenvalue weighted by Gasteiger charge is 2.41. The summed E-state index contributed by atoms with van der Waals surface area (Å²) in [7, 11) is 0. The Balaban J connectivity index is 0.000000846. The van der Waals surface area contributed by atoms with E-state index >= 15 is 0 Å². The van der Waals surface area contributed by atoms with E-state index in [-0.39, 0.29) is 42.7 Å². The molecule has 6 N–H and O–H groups in total. The minimum atomic E-state index is -1.88. The highest BCUT2D eigenvalue weighted by molar-refractivity contribution is 6.02. The number of ketones is 2. The Morgan fingerprint density at radius 1 is 0.620 bits per heavy atom. The third kappa shape index (κ3) is 22.3. The number of carboxylic acid groups (broad SMARTS) is 1. The predicted octanol–water partition coefficient (Wildman–Crippen LogP) is 7.43. The molecule has 15 nitrogen and oxygen atoms in total. The van der Waals surface area contributed by atoms with Gasteiger partial charge in [0.1, 0.15) is 31.0 Å². The summed E-state index contributed by atoms with van der Waals surface area (Å²) in [6.07, 6.45) is 17.1. The molecule has 2 rings (SSSR count). The van der Waals surface area contributed by atoms with E-state index in [1.54, 1.807) is 26.0 Å². The predicted molar refractivity (Wildman–Crippen MR) is 272 cm³/mol. The molecule has 15 heteroatoms. The fourth-order valence-electron chi connectivity index (χ4n) is 7.36. The molecular weight excluding hydrogens is 913 g/mol. The number of esters is 3. The Kier molecular flexibility index (Phi) is 27.1. The van der Waals surface area contributed by atoms with E-state index in [0.29, 0.717) is 17.6 Å². The lowest BCUT2D eigenvalue weighted by Crippen LogP contribution is -2.47. The topological polar surface area (TPSA) is 251 Å². The number of aliphatic hydroxyl groups excluding tert-OH is 5. The van der Waals surface area contributed by atoms with E-state index in [0.717, 1.165) is 33.4 Å². The number of hydrogen-bond acceptors (Lipinski definition) is 14. The van der Waals surface area contributed by atoms with Crippen LogP contribution >= 0.6 is 0 Å². The molecule has 0 aromatic rings. The first-order chi connectivity index (χ1) is 33.1. The number of carbonyl (C=O) groups is 6. The monoisotopic (exact) mass is 989 g/mol. The molecule has 0 heterocycles. The number of ether oxygens (including phenoxy) is 3. The number of allylic oxidation sites excluding steroid dienone is 20. The van der Waals surface area contributed by atoms with Gasteiger partial charge in [0, 0.05) is 12.8 Å². The van der Waals surface area contributed by atoms with Crippen molar-refractivity contribution in [3.63, 3.8) is 0 Å². The summed E-state index contributed by atoms with van der Waals surface area (Å²) < 4.78 is 15.5. The second-order valence-electron chi connectivity index (χ2n) is 18.8. The maximum Gasteiger partial charge on any atom is 0.307 e. The summed E-state index contributed by atoms with van der Waals surface area (Å²) in [5.74, 6) is -3.93. The maximum absolute atomic E-state index is 13.1. The molecule has 6 atom stereocenters. The van der Waals surface area contributed by atoms with E-state index in [9.17, 15) is 49.2 Å². The van der Waals surface area contributed by atoms with Gasteiger partial charge in [0.2, 0.25) is 0 Å². The number of hydrogen-bond donors (Lipinski definition) is 6. The van der Waals surface area contributed by atoms with Crippen LogP contribution in [0.4, 0.5) is 0 Å². The minimum absolute atomic E-state index is 0.229. The number of Topliss-reactive ketones (excluding diaryl/α,β-unsaturated/α-hetero) is 2. The highest BCUT2D eigenvalue weighted by Crippen LogP contribution is 2.42. The Morgan fingerprint density at radius 3 is 1.48 bits per heavy atom. The summed E-state index contributed by atoms with van der Waals surface area (Å²) in [4.78, 5) is 72.4. The molecule has 390 valence electrons. The number of rotatable bonds is 24. The first-order valence-corrected chi connectivity index (χ1v) is 23.4. The zero-order chi connectivity index (χ0) is 54.2. The van der Waals surface area contributed by atoms with Gasteiger partial charge in [-0.25, -0.2) is 0 Å². The molecule has 0 radical (unpaired) electrons. The van der Waals surface area contributed by atoms with Gasteiger partial charge < -0.3 is 44.8 Å². The van der Waals surface area contributed by atoms with Crippen LogP contribution in [0.3, 0.4) is 0 Å². The summed E-state index contributed by atoms with van der Waals surface area (Å²) in [5, 5.41) is 56.0. The summed E-state index contributed by atoms with van der Waals surface area (Å²) in [5.41, 5.74) is 6.13. The molecular formula is C56H76O15. The number of carboxylic acids is 1. The van der Waals surface area contributed by atoms with Gasteiger partial charge in [-0.3, -0.25) is 28.8 Å². The second-order valence-corrected chi connectivity index (χ2v) is 18.8. The SMILES string of the molecule is C=C/C(C)=C/C=C/C=C(C)/C=C/C=C(C)/C=C/C1=C(C)C(=O)C(OC(=O)CCC(=O)OCC(O)C(O)C(O)C(O)CO)CC1(C)C.C=C/C=C(C)/C=C/C1=C(C)C(=O)C(OC(=O)CCC(=O)O)CC1(C)C. The smallest absolute Gasteiger partial charge is 0.307 e. The van der Waals surface area contributed by atoms with Crippen LogP contribution in [0.5, 0.6) is 0 Å². The fourth-order valence-corrected chi connectivity index (χ4v) is 7.36. The quantitative estimate of drug-likeness (QED) is 0.0312. The van der Waals surface area contributed by atoms with E-state index in [2.05, 4.69) is 13.2 Å². The van der Waals surface area contributed by atoms with Crippen LogP contribution in [-0.2, 0) is 43.0 Å². The van der Waals surface area contributed by atoms with Gasteiger partial charge in [-0.05, 0) is 74.7 Å². The Bertz CT molecular complexity index is 2250. The largest absolute Gasteiger partial charge is 0.481 e. The van der Waals surface area contributed by atoms with Crippen molar-refractivity contribution in [2.75, 3.05) is 13.2 Å². The van der Waals surface area contributed by atoms with E-state index in [1.807, 2.05) is 128 Å². The molecule has 6 unspecified atom stereocenters. The summed E-state index contributed by atoms with van der Waals surface area (Å²) in [6, 6.07) is 0. The van der Waals surface area contributed by atoms with Crippen molar-refractivity contribution in [1.29, 1.82) is 0 Å². The van der Waals surface area contributed by atoms with Crippen molar-refractivity contribution < 1.29 is 73.6 Å². The third-order valence-corrected chi connectivity index (χ3v) is 11.6. The van der Waals surface area contributed by atoms with Gasteiger partial charge in [-0.15, -0.1) is 0 Å². The Hall–Kier alpha value is -6.10. The zero-order valence-corrected chi connectivity index (χ0v) is 43.0. The van der Waals surface area contributed by atoms with E-state index < -0.39 is 85.6 Å². The van der Waals surface area contributed by atoms with E-state index in [1.165, 1.54) is 0 Å². The van der Waals surface area contributed by atoms with Crippen LogP contribution in [0.25, 0.3) is 0 Å². The number of aliphatic carboxylic acids is 1. The van der Waals surface area contributed by atoms with Crippen LogP contribution < -0.4 is 0 Å². The lowest BCUT2D eigenvalue weighted by Gasteiger charge is -2.36. The average Bonchev–Trinajstić information content (AvgIpc) is 3.30. The van der Waals surface area contributed by atoms with Crippen molar-refractivity contribution in [1.82, 2.24) is 0 Å². The Labute approximate surface area is 419 Å². The van der Waals surface area contributed by atoms with Gasteiger partial charge in [0.15, 0.2) is 23.8 Å². The highest BCUT2D eigenvalue weighted by atomic mass is 16.6. The molecule has 0 aliphatic heterocycles. The molecule has 0 fully saturated rings. The molecule has 0 aromatic heterocycles. The van der Waals surface area contributed by atoms with Gasteiger partial charge >= 0.3 is 23.9 Å². The van der Waals surface area contributed by atoms with Gasteiger partial charge in [0.25, 0.3) is 0 Å². The number of aliphatic hydroxyl groups is 5. The Morgan fingerprint density at radius 2 is 1.03 bits per heavy atom. The van der Waals surface area contributed by atoms with Crippen LogP contribution in [0, 0.1) is 10.8 Å². The zero-order valence-electron chi connectivity index (χ0n) is 43.0. The van der Waals surface area contributed by atoms with Crippen LogP contribution in [-0.4, -0.2) is 116 Å². The van der Waals surface area contributed by atoms with Crippen LogP contribution in [0.15, 0.2) is 143 Å². The van der Waals surface area contributed by atoms with Crippen molar-refractivity contribution >= 4 is 35.4 Å². The van der Waals surface area contributed by atoms with Crippen molar-refractivity contribution in [2.24, 2.45) is 10.8 Å². The second kappa shape index (κ2) is 30.6. The molecule has 2 aliphatic carbocycles. The molecule has 0 amide bonds. The van der Waals surface area contributed by atoms with Gasteiger partial charge in [0.05, 0.1) is 32.3 Å². The third-order valence-electron chi connectivity index (χ3n) is 11.6. The van der Waals surface area contributed by atoms with Gasteiger partial charge in [-0.1, -0.05) is 148 Å². The number of carbonyl (C=O) groups excluding carboxylic acids is 5. The molecule has 0 bridgehead atoms. The van der Waals surface area contributed by atoms with Crippen LogP contribution in [0.2, 0.25) is 0 Å². The minimum Gasteiger partial charge on any atom is -0.481 e. The maximum atomic E-state index is 13.1. The normalized spacial score (nSPS) is 20.7. The summed E-state index contributed by atoms with van der Waals surface area (Å²) >= 11 is 0. The molecule has 0 aromatic carbocycles. The fraction of sp³-hybridized carbons (Fsp3) is 0.464. The van der Waals surface area contributed by atoms with Crippen molar-refractivity contribution in [3.05, 3.63) is 143 Å². The van der Waals surface area contributed by atoms with Crippen molar-refractivity contribution in [2.45, 2.75) is 144 Å². The molecule has 71 heavy (non-hydrogen) atoms. The molecule has 0 saturated heterocycles. The van der Waals surface area contributed by atoms with E-state index in [4.69, 9.17) is 24.4 Å². The summed E-state index contributed by atoms with van der Waals surface area (Å²) in [6.45, 7) is 25.0.